The Balaban J connectivity index is 1.07. The van der Waals surface area contributed by atoms with E-state index in [1.165, 1.54) is 85.8 Å². The van der Waals surface area contributed by atoms with Crippen LogP contribution in [0.1, 0.15) is 89.8 Å². The van der Waals surface area contributed by atoms with Gasteiger partial charge in [-0.15, -0.1) is 6.58 Å². The number of carbonyl (C=O) groups excluding carboxylic acids is 9. The molecule has 0 spiro atoms. The molecule has 0 saturated carbocycles. The van der Waals surface area contributed by atoms with Crippen molar-refractivity contribution in [1.29, 1.82) is 0 Å². The minimum absolute atomic E-state index is 0.00153. The topological polar surface area (TPSA) is 311 Å². The molecular weight excluding hydrogens is 1270 g/mol. The first-order chi connectivity index (χ1) is 46.8. The van der Waals surface area contributed by atoms with Gasteiger partial charge in [0.2, 0.25) is 0 Å². The second kappa shape index (κ2) is 32.6. The zero-order chi connectivity index (χ0) is 68.6. The van der Waals surface area contributed by atoms with Gasteiger partial charge in [0.15, 0.2) is 73.8 Å². The molecule has 4 heterocycles. The fraction of sp³-hybridized carbons (Fsp3) is 0.338. The van der Waals surface area contributed by atoms with Gasteiger partial charge in [-0.3, -0.25) is 19.1 Å². The molecular formula is C71H68O26. The first kappa shape index (κ1) is 69.8. The molecule has 0 aliphatic carbocycles. The summed E-state index contributed by atoms with van der Waals surface area (Å²) < 4.78 is 106. The second-order valence-electron chi connectivity index (χ2n) is 22.3. The number of rotatable bonds is 25. The van der Waals surface area contributed by atoms with Crippen LogP contribution in [0.2, 0.25) is 0 Å². The molecule has 16 atom stereocenters. The lowest BCUT2D eigenvalue weighted by Crippen LogP contribution is -2.65. The lowest BCUT2D eigenvalue weighted by atomic mass is 9.96. The smallest absolute Gasteiger partial charge is 0.338 e. The summed E-state index contributed by atoms with van der Waals surface area (Å²) in [5.74, 6) is -10.6. The van der Waals surface area contributed by atoms with Crippen LogP contribution in [0.25, 0.3) is 0 Å². The molecule has 26 heteroatoms. The van der Waals surface area contributed by atoms with Gasteiger partial charge in [-0.2, -0.15) is 0 Å². The molecule has 0 aromatic heterocycles. The van der Waals surface area contributed by atoms with Crippen molar-refractivity contribution in [3.8, 4) is 0 Å². The summed E-state index contributed by atoms with van der Waals surface area (Å²) in [6.07, 6.45) is -24.0. The van der Waals surface area contributed by atoms with Gasteiger partial charge in [-0.1, -0.05) is 115 Å². The highest BCUT2D eigenvalue weighted by molar-refractivity contribution is 5.93. The molecule has 6 aromatic carbocycles. The summed E-state index contributed by atoms with van der Waals surface area (Å²) in [6, 6.07) is 46.2. The standard InChI is InChI=1S/C71H68O26/c1-6-37-81-68-59(94-66(79)48-33-21-11-22-34-48)56(92-64(77)46-29-17-9-18-30-46)54(90-62(75)44-25-13-7-14-26-44)51(87-68)39-83-69-60(95-67(80)49-35-23-12-24-36-49)57(93-65(78)47-31-19-10-20-32-47)55(91-63(76)45-27-15-8-16-28-45)52(88-69)40-84-71(5)96-61-58(86-43(4)74)53(85-42(3)73)50(38-82-41(2)72)89-70(61)97-71/h6-36,50-61,68-70H,1,37-40H2,2-5H3/t50-,51-,52-,53-,54-,55-,56+,57+,58+,59+,60+,61+,68+,69+,70+,71?/m1/s1. The van der Waals surface area contributed by atoms with Crippen molar-refractivity contribution in [3.63, 3.8) is 0 Å². The van der Waals surface area contributed by atoms with Crippen LogP contribution in [-0.2, 0) is 94.9 Å². The molecule has 4 fully saturated rings. The zero-order valence-corrected chi connectivity index (χ0v) is 52.7. The molecule has 4 aliphatic rings. The monoisotopic (exact) mass is 1340 g/mol. The Bertz CT molecular complexity index is 3700. The van der Waals surface area contributed by atoms with Crippen molar-refractivity contribution in [2.45, 2.75) is 126 Å². The molecule has 0 radical (unpaired) electrons. The molecule has 10 rings (SSSR count). The Morgan fingerprint density at radius 1 is 0.371 bits per heavy atom. The van der Waals surface area contributed by atoms with Gasteiger partial charge >= 0.3 is 53.7 Å². The number of fused-ring (bicyclic) bond motifs is 1. The summed E-state index contributed by atoms with van der Waals surface area (Å²) in [5.41, 5.74) is 0.0752. The molecule has 0 N–H and O–H groups in total. The Kier molecular flexibility index (Phi) is 23.5. The van der Waals surface area contributed by atoms with E-state index in [4.69, 9.17) is 80.5 Å². The van der Waals surface area contributed by atoms with Gasteiger partial charge < -0.3 is 75.8 Å². The summed E-state index contributed by atoms with van der Waals surface area (Å²) in [4.78, 5) is 124. The summed E-state index contributed by atoms with van der Waals surface area (Å²) in [6.45, 7) is 5.98. The van der Waals surface area contributed by atoms with Crippen molar-refractivity contribution in [2.24, 2.45) is 0 Å². The fourth-order valence-electron chi connectivity index (χ4n) is 10.9. The third kappa shape index (κ3) is 17.9. The quantitative estimate of drug-likeness (QED) is 0.0309. The SMILES string of the molecule is C=CCO[C@H]1O[C@H](CO[C@H]2O[C@H](COC3(C)O[C@@H]4O[C@H](COC(C)=O)[C@@H](OC(C)=O)[C@H](OC(C)=O)[C@@H]4O3)[C@@H](OC(=O)c3ccccc3)[C@H](OC(=O)c3ccccc3)[C@@H]2OC(=O)c2ccccc2)[C@@H](OC(=O)c2ccccc2)[C@H](OC(=O)c2ccccc2)[C@@H]1OC(=O)c1ccccc1. The minimum Gasteiger partial charge on any atom is -0.463 e. The number of hydrogen-bond acceptors (Lipinski definition) is 26. The molecule has 26 nitrogen and oxygen atoms in total. The van der Waals surface area contributed by atoms with Crippen molar-refractivity contribution in [2.75, 3.05) is 26.4 Å². The van der Waals surface area contributed by atoms with Crippen LogP contribution in [0.15, 0.2) is 195 Å². The number of carbonyl (C=O) groups is 9. The highest BCUT2D eigenvalue weighted by atomic mass is 16.9. The van der Waals surface area contributed by atoms with Crippen LogP contribution in [-0.4, -0.2) is 178 Å². The van der Waals surface area contributed by atoms with E-state index in [-0.39, 0.29) is 40.0 Å². The van der Waals surface area contributed by atoms with Crippen LogP contribution in [0, 0.1) is 0 Å². The van der Waals surface area contributed by atoms with E-state index in [2.05, 4.69) is 6.58 Å². The maximum Gasteiger partial charge on any atom is 0.338 e. The average Bonchev–Trinajstić information content (AvgIpc) is 1.71. The van der Waals surface area contributed by atoms with Gasteiger partial charge in [0, 0.05) is 27.7 Å². The van der Waals surface area contributed by atoms with Crippen LogP contribution in [0.3, 0.4) is 0 Å². The largest absolute Gasteiger partial charge is 0.463 e. The molecule has 97 heavy (non-hydrogen) atoms. The van der Waals surface area contributed by atoms with Crippen LogP contribution >= 0.6 is 0 Å². The fourth-order valence-corrected chi connectivity index (χ4v) is 10.9. The first-order valence-electron chi connectivity index (χ1n) is 30.7. The van der Waals surface area contributed by atoms with Crippen LogP contribution in [0.5, 0.6) is 0 Å². The number of benzene rings is 6. The lowest BCUT2D eigenvalue weighted by molar-refractivity contribution is -0.367. The predicted octanol–water partition coefficient (Wildman–Crippen LogP) is 7.27. The Morgan fingerprint density at radius 3 is 1.05 bits per heavy atom. The third-order valence-corrected chi connectivity index (χ3v) is 15.3. The van der Waals surface area contributed by atoms with Crippen LogP contribution in [0.4, 0.5) is 0 Å². The van der Waals surface area contributed by atoms with E-state index in [0.29, 0.717) is 0 Å². The van der Waals surface area contributed by atoms with Crippen LogP contribution < -0.4 is 0 Å². The van der Waals surface area contributed by atoms with Gasteiger partial charge in [-0.25, -0.2) is 28.8 Å². The number of ether oxygens (including phenoxy) is 17. The Hall–Kier alpha value is -10.0. The average molecular weight is 1340 g/mol. The first-order valence-corrected chi connectivity index (χ1v) is 30.7. The maximum absolute atomic E-state index is 14.7. The molecule has 6 aromatic rings. The van der Waals surface area contributed by atoms with E-state index in [9.17, 15) is 43.2 Å². The predicted molar refractivity (Wildman–Crippen MR) is 330 cm³/mol. The Morgan fingerprint density at radius 2 is 0.691 bits per heavy atom. The van der Waals surface area contributed by atoms with Crippen molar-refractivity contribution in [3.05, 3.63) is 228 Å². The Labute approximate surface area is 555 Å². The lowest BCUT2D eigenvalue weighted by Gasteiger charge is -2.46. The highest BCUT2D eigenvalue weighted by Crippen LogP contribution is 2.42. The summed E-state index contributed by atoms with van der Waals surface area (Å²) >= 11 is 0. The molecule has 508 valence electrons. The van der Waals surface area contributed by atoms with Crippen molar-refractivity contribution >= 4 is 53.7 Å². The van der Waals surface area contributed by atoms with E-state index in [1.807, 2.05) is 0 Å². The molecule has 4 aliphatic heterocycles. The molecule has 1 unspecified atom stereocenters. The van der Waals surface area contributed by atoms with Gasteiger partial charge in [0.25, 0.3) is 5.97 Å². The van der Waals surface area contributed by atoms with E-state index in [1.54, 1.807) is 109 Å². The zero-order valence-electron chi connectivity index (χ0n) is 52.7. The van der Waals surface area contributed by atoms with Gasteiger partial charge in [0.05, 0.1) is 53.2 Å². The summed E-state index contributed by atoms with van der Waals surface area (Å²) in [7, 11) is 0. The second-order valence-corrected chi connectivity index (χ2v) is 22.3. The maximum atomic E-state index is 14.7. The molecule has 4 saturated heterocycles. The molecule has 0 bridgehead atoms. The summed E-state index contributed by atoms with van der Waals surface area (Å²) in [5, 5.41) is 0. The highest BCUT2D eigenvalue weighted by Gasteiger charge is 2.61. The minimum atomic E-state index is -2.27. The van der Waals surface area contributed by atoms with Crippen molar-refractivity contribution in [1.82, 2.24) is 0 Å². The molecule has 0 amide bonds. The van der Waals surface area contributed by atoms with Gasteiger partial charge in [0.1, 0.15) is 24.9 Å². The van der Waals surface area contributed by atoms with E-state index < -0.39 is 172 Å². The van der Waals surface area contributed by atoms with E-state index >= 15 is 0 Å². The number of hydrogen-bond donors (Lipinski definition) is 0. The normalized spacial score (nSPS) is 27.2. The number of esters is 9. The van der Waals surface area contributed by atoms with E-state index in [0.717, 1.165) is 20.8 Å². The van der Waals surface area contributed by atoms with Gasteiger partial charge in [-0.05, 0) is 72.8 Å². The third-order valence-electron chi connectivity index (χ3n) is 15.3. The van der Waals surface area contributed by atoms with Crippen molar-refractivity contribution < 1.29 is 124 Å².